The molecule has 1 aromatic carbocycles. The van der Waals surface area contributed by atoms with Crippen LogP contribution in [0, 0.1) is 0 Å². The highest BCUT2D eigenvalue weighted by molar-refractivity contribution is 9.12. The average molecular weight is 593 g/mol. The van der Waals surface area contributed by atoms with E-state index in [9.17, 15) is 0 Å². The van der Waals surface area contributed by atoms with Gasteiger partial charge in [0.2, 0.25) is 0 Å². The predicted molar refractivity (Wildman–Crippen MR) is 144 cm³/mol. The average Bonchev–Trinajstić information content (AvgIpc) is 3.21. The van der Waals surface area contributed by atoms with Gasteiger partial charge in [0.1, 0.15) is 0 Å². The van der Waals surface area contributed by atoms with Crippen molar-refractivity contribution in [2.75, 3.05) is 0 Å². The normalized spacial score (nSPS) is 11.0. The molecule has 4 aromatic heterocycles. The van der Waals surface area contributed by atoms with Crippen molar-refractivity contribution >= 4 is 43.2 Å². The minimum Gasteiger partial charge on any atom is -0.372 e. The highest BCUT2D eigenvalue weighted by Gasteiger charge is 2.11. The molecule has 0 spiro atoms. The Balaban J connectivity index is 1.39. The smallest absolute Gasteiger partial charge is 0.0900 e. The van der Waals surface area contributed by atoms with E-state index in [0.29, 0.717) is 13.2 Å². The second kappa shape index (κ2) is 10.7. The van der Waals surface area contributed by atoms with Gasteiger partial charge in [-0.3, -0.25) is 9.97 Å². The molecule has 5 rings (SSSR count). The fourth-order valence-electron chi connectivity index (χ4n) is 3.53. The lowest BCUT2D eigenvalue weighted by Crippen LogP contribution is -1.95. The Hall–Kier alpha value is -2.71. The summed E-state index contributed by atoms with van der Waals surface area (Å²) >= 11 is 8.74. The molecule has 0 unspecified atom stereocenters. The lowest BCUT2D eigenvalue weighted by atomic mass is 10.0. The van der Waals surface area contributed by atoms with Gasteiger partial charge >= 0.3 is 0 Å². The first kappa shape index (κ1) is 23.1. The maximum atomic E-state index is 5.93. The number of aromatic nitrogens is 3. The zero-order chi connectivity index (χ0) is 23.3. The van der Waals surface area contributed by atoms with Crippen LogP contribution in [0.3, 0.4) is 0 Å². The van der Waals surface area contributed by atoms with Crippen molar-refractivity contribution < 1.29 is 4.74 Å². The maximum absolute atomic E-state index is 5.93. The number of halogens is 2. The molecule has 5 aromatic rings. The molecule has 7 heteroatoms. The van der Waals surface area contributed by atoms with Crippen LogP contribution < -0.4 is 0 Å². The first-order valence-corrected chi connectivity index (χ1v) is 13.0. The largest absolute Gasteiger partial charge is 0.372 e. The number of thiophene rings is 1. The highest BCUT2D eigenvalue weighted by Crippen LogP contribution is 2.33. The number of rotatable bonds is 7. The van der Waals surface area contributed by atoms with Gasteiger partial charge in [-0.2, -0.15) is 0 Å². The highest BCUT2D eigenvalue weighted by atomic mass is 79.9. The van der Waals surface area contributed by atoms with E-state index in [4.69, 9.17) is 9.72 Å². The molecule has 0 aliphatic carbocycles. The third kappa shape index (κ3) is 5.50. The molecule has 34 heavy (non-hydrogen) atoms. The Kier molecular flexibility index (Phi) is 7.25. The Morgan fingerprint density at radius 3 is 1.85 bits per heavy atom. The van der Waals surface area contributed by atoms with Crippen molar-refractivity contribution in [3.8, 4) is 33.9 Å². The molecule has 0 fully saturated rings. The van der Waals surface area contributed by atoms with Crippen LogP contribution in [-0.4, -0.2) is 15.0 Å². The molecular weight excluding hydrogens is 574 g/mol. The van der Waals surface area contributed by atoms with Gasteiger partial charge in [-0.1, -0.05) is 36.4 Å². The minimum atomic E-state index is 0.550. The lowest BCUT2D eigenvalue weighted by Gasteiger charge is -2.10. The van der Waals surface area contributed by atoms with Gasteiger partial charge in [0.25, 0.3) is 0 Å². The quantitative estimate of drug-likeness (QED) is 0.191. The van der Waals surface area contributed by atoms with E-state index >= 15 is 0 Å². The van der Waals surface area contributed by atoms with E-state index in [1.807, 2.05) is 36.4 Å². The van der Waals surface area contributed by atoms with Crippen molar-refractivity contribution in [1.82, 2.24) is 15.0 Å². The summed E-state index contributed by atoms with van der Waals surface area (Å²) in [6.45, 7) is 1.12. The molecular formula is C27H19Br2N3OS. The molecule has 0 amide bonds. The van der Waals surface area contributed by atoms with Gasteiger partial charge in [-0.05, 0) is 91.0 Å². The summed E-state index contributed by atoms with van der Waals surface area (Å²) in [6.07, 6.45) is 3.57. The van der Waals surface area contributed by atoms with Gasteiger partial charge < -0.3 is 4.74 Å². The third-order valence-corrected chi connectivity index (χ3v) is 7.68. The molecule has 4 nitrogen and oxygen atoms in total. The molecule has 0 atom stereocenters. The van der Waals surface area contributed by atoms with Gasteiger partial charge in [0, 0.05) is 18.0 Å². The molecule has 0 bridgehead atoms. The Bertz CT molecular complexity index is 1330. The van der Waals surface area contributed by atoms with Crippen molar-refractivity contribution in [2.24, 2.45) is 0 Å². The molecule has 0 aliphatic heterocycles. The monoisotopic (exact) mass is 591 g/mol. The molecule has 0 saturated heterocycles. The lowest BCUT2D eigenvalue weighted by molar-refractivity contribution is 0.107. The molecule has 0 radical (unpaired) electrons. The molecule has 4 heterocycles. The van der Waals surface area contributed by atoms with E-state index in [0.717, 1.165) is 52.6 Å². The number of hydrogen-bond donors (Lipinski definition) is 0. The van der Waals surface area contributed by atoms with E-state index in [1.54, 1.807) is 23.7 Å². The number of nitrogens with zero attached hydrogens (tertiary/aromatic N) is 3. The van der Waals surface area contributed by atoms with Crippen LogP contribution in [0.4, 0.5) is 0 Å². The SMILES string of the molecule is Brc1cc(COCc2ccc(-c3cc(-c4ccccn4)nc(-c4ccccn4)c3)cc2)c(Br)s1. The van der Waals surface area contributed by atoms with Crippen molar-refractivity contribution in [3.63, 3.8) is 0 Å². The van der Waals surface area contributed by atoms with Gasteiger partial charge in [0.15, 0.2) is 0 Å². The topological polar surface area (TPSA) is 47.9 Å². The summed E-state index contributed by atoms with van der Waals surface area (Å²) < 4.78 is 8.12. The van der Waals surface area contributed by atoms with Crippen LogP contribution >= 0.6 is 43.2 Å². The van der Waals surface area contributed by atoms with Crippen LogP contribution in [0.5, 0.6) is 0 Å². The molecule has 0 saturated carbocycles. The van der Waals surface area contributed by atoms with Crippen LogP contribution in [0.1, 0.15) is 11.1 Å². The summed E-state index contributed by atoms with van der Waals surface area (Å²) in [5, 5.41) is 0. The summed E-state index contributed by atoms with van der Waals surface area (Å²) in [5.41, 5.74) is 7.74. The molecule has 0 N–H and O–H groups in total. The Labute approximate surface area is 219 Å². The van der Waals surface area contributed by atoms with Gasteiger partial charge in [-0.15, -0.1) is 11.3 Å². The van der Waals surface area contributed by atoms with Crippen LogP contribution in [-0.2, 0) is 18.0 Å². The number of ether oxygens (including phenoxy) is 1. The van der Waals surface area contributed by atoms with E-state index in [-0.39, 0.29) is 0 Å². The fourth-order valence-corrected chi connectivity index (χ4v) is 6.32. The van der Waals surface area contributed by atoms with Crippen LogP contribution in [0.15, 0.2) is 98.8 Å². The Morgan fingerprint density at radius 1 is 0.676 bits per heavy atom. The van der Waals surface area contributed by atoms with Crippen LogP contribution in [0.2, 0.25) is 0 Å². The zero-order valence-electron chi connectivity index (χ0n) is 18.0. The first-order valence-electron chi connectivity index (χ1n) is 10.6. The second-order valence-corrected chi connectivity index (χ2v) is 11.3. The third-order valence-electron chi connectivity index (χ3n) is 5.22. The summed E-state index contributed by atoms with van der Waals surface area (Å²) in [6, 6.07) is 26.4. The van der Waals surface area contributed by atoms with Crippen molar-refractivity contribution in [2.45, 2.75) is 13.2 Å². The number of hydrogen-bond acceptors (Lipinski definition) is 5. The van der Waals surface area contributed by atoms with Gasteiger partial charge in [0.05, 0.1) is 43.6 Å². The minimum absolute atomic E-state index is 0.550. The summed E-state index contributed by atoms with van der Waals surface area (Å²) in [7, 11) is 0. The maximum Gasteiger partial charge on any atom is 0.0900 e. The van der Waals surface area contributed by atoms with E-state index in [2.05, 4.69) is 84.3 Å². The predicted octanol–water partition coefficient (Wildman–Crippen LogP) is 8.18. The van der Waals surface area contributed by atoms with Gasteiger partial charge in [-0.25, -0.2) is 4.98 Å². The molecule has 0 aliphatic rings. The first-order chi connectivity index (χ1) is 16.7. The number of pyridine rings is 3. The second-order valence-electron chi connectivity index (χ2n) is 7.60. The van der Waals surface area contributed by atoms with Crippen LogP contribution in [0.25, 0.3) is 33.9 Å². The Morgan fingerprint density at radius 2 is 1.32 bits per heavy atom. The van der Waals surface area contributed by atoms with Crippen molar-refractivity contribution in [1.29, 1.82) is 0 Å². The zero-order valence-corrected chi connectivity index (χ0v) is 22.0. The summed E-state index contributed by atoms with van der Waals surface area (Å²) in [4.78, 5) is 13.8. The van der Waals surface area contributed by atoms with E-state index < -0.39 is 0 Å². The summed E-state index contributed by atoms with van der Waals surface area (Å²) in [5.74, 6) is 0. The molecule has 168 valence electrons. The number of benzene rings is 1. The standard InChI is InChI=1S/C27H19Br2N3OS/c28-26-15-21(27(29)34-26)17-33-16-18-7-9-19(10-8-18)20-13-24(22-5-1-3-11-30-22)32-25(14-20)23-6-2-4-12-31-23/h1-15H,16-17H2. The van der Waals surface area contributed by atoms with Crippen molar-refractivity contribution in [3.05, 3.63) is 110 Å². The fraction of sp³-hybridized carbons (Fsp3) is 0.0741. The van der Waals surface area contributed by atoms with E-state index in [1.165, 1.54) is 0 Å².